The lowest BCUT2D eigenvalue weighted by Gasteiger charge is -2.16. The fraction of sp³-hybridized carbons (Fsp3) is 0.600. The number of aromatic nitrogens is 2. The van der Waals surface area contributed by atoms with E-state index in [4.69, 9.17) is 15.2 Å². The van der Waals surface area contributed by atoms with E-state index in [2.05, 4.69) is 9.97 Å². The maximum absolute atomic E-state index is 5.56. The molecule has 0 unspecified atom stereocenters. The highest BCUT2D eigenvalue weighted by molar-refractivity contribution is 5.22. The highest BCUT2D eigenvalue weighted by Gasteiger charge is 2.14. The van der Waals surface area contributed by atoms with Gasteiger partial charge in [0.25, 0.3) is 0 Å². The van der Waals surface area contributed by atoms with Crippen LogP contribution < -0.4 is 5.73 Å². The zero-order chi connectivity index (χ0) is 11.3. The molecule has 0 fully saturated rings. The minimum Gasteiger partial charge on any atom is -0.368 e. The summed E-state index contributed by atoms with van der Waals surface area (Å²) < 4.78 is 10.8. The summed E-state index contributed by atoms with van der Waals surface area (Å²) in [5, 5.41) is 0. The van der Waals surface area contributed by atoms with Gasteiger partial charge in [-0.15, -0.1) is 0 Å². The molecule has 0 radical (unpaired) electrons. The van der Waals surface area contributed by atoms with Gasteiger partial charge in [0.1, 0.15) is 5.69 Å². The summed E-state index contributed by atoms with van der Waals surface area (Å²) in [6, 6.07) is 1.81. The molecule has 0 aliphatic heterocycles. The Balaban J connectivity index is 2.88. The molecule has 5 heteroatoms. The molecule has 0 bridgehead atoms. The third-order valence-electron chi connectivity index (χ3n) is 1.77. The SMILES string of the molecule is CCOC(OCC)c1cc(C)nc(N)n1. The summed E-state index contributed by atoms with van der Waals surface area (Å²) in [6.07, 6.45) is -0.455. The average Bonchev–Trinajstić information content (AvgIpc) is 2.16. The molecule has 5 nitrogen and oxygen atoms in total. The fourth-order valence-electron chi connectivity index (χ4n) is 1.26. The molecule has 0 aliphatic rings. The largest absolute Gasteiger partial charge is 0.368 e. The summed E-state index contributed by atoms with van der Waals surface area (Å²) in [4.78, 5) is 8.08. The molecule has 0 saturated heterocycles. The van der Waals surface area contributed by atoms with Gasteiger partial charge in [0, 0.05) is 18.9 Å². The van der Waals surface area contributed by atoms with Crippen molar-refractivity contribution in [2.75, 3.05) is 18.9 Å². The number of hydrogen-bond acceptors (Lipinski definition) is 5. The van der Waals surface area contributed by atoms with Gasteiger partial charge in [0.05, 0.1) is 0 Å². The van der Waals surface area contributed by atoms with Crippen LogP contribution in [0.5, 0.6) is 0 Å². The lowest BCUT2D eigenvalue weighted by molar-refractivity contribution is -0.142. The van der Waals surface area contributed by atoms with Gasteiger partial charge in [-0.3, -0.25) is 0 Å². The van der Waals surface area contributed by atoms with E-state index in [0.717, 1.165) is 5.69 Å². The Morgan fingerprint density at radius 3 is 2.33 bits per heavy atom. The van der Waals surface area contributed by atoms with Crippen molar-refractivity contribution in [1.82, 2.24) is 9.97 Å². The Labute approximate surface area is 89.6 Å². The molecule has 1 rings (SSSR count). The van der Waals surface area contributed by atoms with E-state index >= 15 is 0 Å². The van der Waals surface area contributed by atoms with Crippen molar-refractivity contribution in [2.45, 2.75) is 27.1 Å². The summed E-state index contributed by atoms with van der Waals surface area (Å²) in [5.41, 5.74) is 7.03. The lowest BCUT2D eigenvalue weighted by atomic mass is 10.3. The van der Waals surface area contributed by atoms with E-state index in [0.29, 0.717) is 18.9 Å². The van der Waals surface area contributed by atoms with Crippen LogP contribution in [0, 0.1) is 6.92 Å². The fourth-order valence-corrected chi connectivity index (χ4v) is 1.26. The topological polar surface area (TPSA) is 70.3 Å². The van der Waals surface area contributed by atoms with Gasteiger partial charge >= 0.3 is 0 Å². The summed E-state index contributed by atoms with van der Waals surface area (Å²) >= 11 is 0. The molecule has 1 heterocycles. The second-order valence-electron chi connectivity index (χ2n) is 3.04. The van der Waals surface area contributed by atoms with Crippen LogP contribution in [-0.2, 0) is 9.47 Å². The number of aryl methyl sites for hydroxylation is 1. The highest BCUT2D eigenvalue weighted by atomic mass is 16.7. The van der Waals surface area contributed by atoms with Crippen LogP contribution in [0.15, 0.2) is 6.07 Å². The van der Waals surface area contributed by atoms with Crippen molar-refractivity contribution in [3.63, 3.8) is 0 Å². The van der Waals surface area contributed by atoms with Crippen LogP contribution in [0.4, 0.5) is 5.95 Å². The number of rotatable bonds is 5. The van der Waals surface area contributed by atoms with Gasteiger partial charge in [-0.2, -0.15) is 0 Å². The first kappa shape index (κ1) is 11.9. The molecule has 1 aromatic heterocycles. The van der Waals surface area contributed by atoms with Crippen LogP contribution in [0.3, 0.4) is 0 Å². The van der Waals surface area contributed by atoms with Gasteiger partial charge in [0.15, 0.2) is 0 Å². The Hall–Kier alpha value is -1.20. The molecular formula is C10H17N3O2. The second-order valence-corrected chi connectivity index (χ2v) is 3.04. The zero-order valence-corrected chi connectivity index (χ0v) is 9.36. The quantitative estimate of drug-likeness (QED) is 0.746. The van der Waals surface area contributed by atoms with Gasteiger partial charge in [-0.1, -0.05) is 0 Å². The van der Waals surface area contributed by atoms with E-state index in [1.807, 2.05) is 26.8 Å². The van der Waals surface area contributed by atoms with Crippen molar-refractivity contribution in [3.8, 4) is 0 Å². The third kappa shape index (κ3) is 3.45. The molecular weight excluding hydrogens is 194 g/mol. The Bertz CT molecular complexity index is 291. The Kier molecular flexibility index (Phi) is 4.45. The van der Waals surface area contributed by atoms with Crippen LogP contribution in [0.25, 0.3) is 0 Å². The van der Waals surface area contributed by atoms with Crippen molar-refractivity contribution < 1.29 is 9.47 Å². The molecule has 0 saturated carbocycles. The van der Waals surface area contributed by atoms with Gasteiger partial charge in [-0.25, -0.2) is 9.97 Å². The van der Waals surface area contributed by atoms with Crippen LogP contribution >= 0.6 is 0 Å². The van der Waals surface area contributed by atoms with E-state index in [1.54, 1.807) is 0 Å². The lowest BCUT2D eigenvalue weighted by Crippen LogP contribution is -2.12. The second kappa shape index (κ2) is 5.63. The van der Waals surface area contributed by atoms with Crippen LogP contribution in [0.1, 0.15) is 31.5 Å². The number of ether oxygens (including phenoxy) is 2. The summed E-state index contributed by atoms with van der Waals surface area (Å²) in [5.74, 6) is 0.245. The maximum atomic E-state index is 5.56. The highest BCUT2D eigenvalue weighted by Crippen LogP contribution is 2.17. The first-order chi connectivity index (χ1) is 7.17. The van der Waals surface area contributed by atoms with E-state index in [9.17, 15) is 0 Å². The molecule has 84 valence electrons. The zero-order valence-electron chi connectivity index (χ0n) is 9.36. The van der Waals surface area contributed by atoms with Crippen molar-refractivity contribution in [3.05, 3.63) is 17.5 Å². The number of nitrogens with two attached hydrogens (primary N) is 1. The smallest absolute Gasteiger partial charge is 0.220 e. The summed E-state index contributed by atoms with van der Waals surface area (Å²) in [6.45, 7) is 6.80. The molecule has 0 spiro atoms. The van der Waals surface area contributed by atoms with E-state index in [1.165, 1.54) is 0 Å². The number of anilines is 1. The predicted octanol–water partition coefficient (Wildman–Crippen LogP) is 1.44. The molecule has 0 amide bonds. The predicted molar refractivity (Wildman–Crippen MR) is 57.2 cm³/mol. The van der Waals surface area contributed by atoms with E-state index in [-0.39, 0.29) is 5.95 Å². The van der Waals surface area contributed by atoms with Crippen molar-refractivity contribution in [2.24, 2.45) is 0 Å². The first-order valence-electron chi connectivity index (χ1n) is 5.01. The monoisotopic (exact) mass is 211 g/mol. The molecule has 2 N–H and O–H groups in total. The number of nitrogens with zero attached hydrogens (tertiary/aromatic N) is 2. The minimum absolute atomic E-state index is 0.245. The third-order valence-corrected chi connectivity index (χ3v) is 1.77. The Morgan fingerprint density at radius 2 is 1.87 bits per heavy atom. The molecule has 0 aliphatic carbocycles. The maximum Gasteiger partial charge on any atom is 0.220 e. The molecule has 0 aromatic carbocycles. The Morgan fingerprint density at radius 1 is 1.27 bits per heavy atom. The van der Waals surface area contributed by atoms with Gasteiger partial charge < -0.3 is 15.2 Å². The number of nitrogen functional groups attached to an aromatic ring is 1. The average molecular weight is 211 g/mol. The number of hydrogen-bond donors (Lipinski definition) is 1. The standard InChI is InChI=1S/C10H17N3O2/c1-4-14-9(15-5-2)8-6-7(3)12-10(11)13-8/h6,9H,4-5H2,1-3H3,(H2,11,12,13). The van der Waals surface area contributed by atoms with Gasteiger partial charge in [0.2, 0.25) is 12.2 Å². The molecule has 1 aromatic rings. The van der Waals surface area contributed by atoms with Crippen molar-refractivity contribution in [1.29, 1.82) is 0 Å². The minimum atomic E-state index is -0.455. The first-order valence-corrected chi connectivity index (χ1v) is 5.01. The molecule has 15 heavy (non-hydrogen) atoms. The van der Waals surface area contributed by atoms with Crippen molar-refractivity contribution >= 4 is 5.95 Å². The summed E-state index contributed by atoms with van der Waals surface area (Å²) in [7, 11) is 0. The van der Waals surface area contributed by atoms with E-state index < -0.39 is 6.29 Å². The van der Waals surface area contributed by atoms with Crippen LogP contribution in [-0.4, -0.2) is 23.2 Å². The molecule has 0 atom stereocenters. The van der Waals surface area contributed by atoms with Gasteiger partial charge in [-0.05, 0) is 26.8 Å². The normalized spacial score (nSPS) is 10.9. The van der Waals surface area contributed by atoms with Crippen LogP contribution in [0.2, 0.25) is 0 Å².